The van der Waals surface area contributed by atoms with Crippen LogP contribution in [-0.2, 0) is 12.1 Å². The minimum atomic E-state index is -1.25. The molecule has 0 saturated carbocycles. The Hall–Kier alpha value is -0.930. The van der Waals surface area contributed by atoms with Crippen molar-refractivity contribution in [3.8, 4) is 0 Å². The van der Waals surface area contributed by atoms with Gasteiger partial charge in [-0.2, -0.15) is 0 Å². The molecule has 0 bridgehead atoms. The van der Waals surface area contributed by atoms with Crippen molar-refractivity contribution in [3.63, 3.8) is 0 Å². The molecule has 1 aliphatic heterocycles. The van der Waals surface area contributed by atoms with Crippen LogP contribution in [0.5, 0.6) is 0 Å². The Labute approximate surface area is 116 Å². The highest BCUT2D eigenvalue weighted by atomic mass is 19.1. The van der Waals surface area contributed by atoms with E-state index in [4.69, 9.17) is 0 Å². The molecule has 0 unspecified atom stereocenters. The molecule has 0 atom stereocenters. The van der Waals surface area contributed by atoms with E-state index in [9.17, 15) is 4.39 Å². The lowest BCUT2D eigenvalue weighted by Gasteiger charge is -2.27. The molecule has 1 saturated heterocycles. The number of hydrogen-bond acceptors (Lipinski definition) is 2. The standard InChI is InChI=1S/C16H25FN2/c1-13-4-5-15(16(2,3)17)12-14(13)6-9-19-10-7-18-8-11-19/h4-5,12,18H,6-11H2,1-3H3. The van der Waals surface area contributed by atoms with Crippen molar-refractivity contribution < 1.29 is 4.39 Å². The molecule has 1 fully saturated rings. The van der Waals surface area contributed by atoms with E-state index in [2.05, 4.69) is 17.1 Å². The van der Waals surface area contributed by atoms with Crippen molar-refractivity contribution >= 4 is 0 Å². The van der Waals surface area contributed by atoms with Crippen molar-refractivity contribution in [3.05, 3.63) is 34.9 Å². The van der Waals surface area contributed by atoms with Gasteiger partial charge in [0.2, 0.25) is 0 Å². The second kappa shape index (κ2) is 6.02. The lowest BCUT2D eigenvalue weighted by molar-refractivity contribution is 0.221. The number of aryl methyl sites for hydroxylation is 1. The number of nitrogens with one attached hydrogen (secondary N) is 1. The molecule has 1 heterocycles. The van der Waals surface area contributed by atoms with Gasteiger partial charge in [0.15, 0.2) is 0 Å². The van der Waals surface area contributed by atoms with Gasteiger partial charge in [0.1, 0.15) is 5.67 Å². The number of alkyl halides is 1. The quantitative estimate of drug-likeness (QED) is 0.899. The van der Waals surface area contributed by atoms with Gasteiger partial charge < -0.3 is 10.2 Å². The number of rotatable bonds is 4. The summed E-state index contributed by atoms with van der Waals surface area (Å²) in [5.41, 5.74) is 2.08. The van der Waals surface area contributed by atoms with Crippen molar-refractivity contribution in [2.45, 2.75) is 32.9 Å². The van der Waals surface area contributed by atoms with Crippen LogP contribution < -0.4 is 5.32 Å². The van der Waals surface area contributed by atoms with E-state index in [-0.39, 0.29) is 0 Å². The Balaban J connectivity index is 2.02. The molecule has 0 aliphatic carbocycles. The van der Waals surface area contributed by atoms with Crippen LogP contribution in [0, 0.1) is 6.92 Å². The summed E-state index contributed by atoms with van der Waals surface area (Å²) in [6.07, 6.45) is 1.01. The number of hydrogen-bond donors (Lipinski definition) is 1. The largest absolute Gasteiger partial charge is 0.314 e. The zero-order valence-electron chi connectivity index (χ0n) is 12.3. The Kier molecular flexibility index (Phi) is 4.58. The van der Waals surface area contributed by atoms with Gasteiger partial charge in [0.25, 0.3) is 0 Å². The topological polar surface area (TPSA) is 15.3 Å². The molecule has 0 spiro atoms. The number of nitrogens with zero attached hydrogens (tertiary/aromatic N) is 1. The van der Waals surface area contributed by atoms with Gasteiger partial charge in [-0.15, -0.1) is 0 Å². The lowest BCUT2D eigenvalue weighted by Crippen LogP contribution is -2.44. The van der Waals surface area contributed by atoms with Crippen LogP contribution in [0.15, 0.2) is 18.2 Å². The molecule has 2 rings (SSSR count). The van der Waals surface area contributed by atoms with Gasteiger partial charge >= 0.3 is 0 Å². The van der Waals surface area contributed by atoms with E-state index >= 15 is 0 Å². The summed E-state index contributed by atoms with van der Waals surface area (Å²) in [7, 11) is 0. The molecule has 19 heavy (non-hydrogen) atoms. The third-order valence-electron chi connectivity index (χ3n) is 3.94. The van der Waals surface area contributed by atoms with E-state index in [0.29, 0.717) is 0 Å². The average molecular weight is 264 g/mol. The van der Waals surface area contributed by atoms with Crippen LogP contribution in [0.25, 0.3) is 0 Å². The predicted octanol–water partition coefficient (Wildman–Crippen LogP) is 2.65. The van der Waals surface area contributed by atoms with Gasteiger partial charge in [-0.3, -0.25) is 0 Å². The maximum absolute atomic E-state index is 14.0. The lowest BCUT2D eigenvalue weighted by atomic mass is 9.94. The van der Waals surface area contributed by atoms with Crippen molar-refractivity contribution in [2.24, 2.45) is 0 Å². The number of piperazine rings is 1. The van der Waals surface area contributed by atoms with E-state index in [1.165, 1.54) is 11.1 Å². The molecule has 1 N–H and O–H groups in total. The third kappa shape index (κ3) is 4.02. The average Bonchev–Trinajstić information content (AvgIpc) is 2.37. The highest BCUT2D eigenvalue weighted by Gasteiger charge is 2.19. The van der Waals surface area contributed by atoms with Gasteiger partial charge in [0.05, 0.1) is 0 Å². The second-order valence-electron chi connectivity index (χ2n) is 5.96. The van der Waals surface area contributed by atoms with Crippen LogP contribution in [0.2, 0.25) is 0 Å². The predicted molar refractivity (Wildman–Crippen MR) is 78.3 cm³/mol. The highest BCUT2D eigenvalue weighted by Crippen LogP contribution is 2.26. The zero-order valence-corrected chi connectivity index (χ0v) is 12.3. The van der Waals surface area contributed by atoms with Crippen molar-refractivity contribution in [1.29, 1.82) is 0 Å². The van der Waals surface area contributed by atoms with Crippen molar-refractivity contribution in [1.82, 2.24) is 10.2 Å². The number of halogens is 1. The Morgan fingerprint density at radius 3 is 2.58 bits per heavy atom. The van der Waals surface area contributed by atoms with Crippen LogP contribution in [0.1, 0.15) is 30.5 Å². The summed E-state index contributed by atoms with van der Waals surface area (Å²) < 4.78 is 14.0. The smallest absolute Gasteiger partial charge is 0.130 e. The van der Waals surface area contributed by atoms with Gasteiger partial charge in [0, 0.05) is 32.7 Å². The summed E-state index contributed by atoms with van der Waals surface area (Å²) in [4.78, 5) is 2.48. The fourth-order valence-corrected chi connectivity index (χ4v) is 2.52. The summed E-state index contributed by atoms with van der Waals surface area (Å²) in [6.45, 7) is 10.8. The maximum Gasteiger partial charge on any atom is 0.130 e. The summed E-state index contributed by atoms with van der Waals surface area (Å²) in [5, 5.41) is 3.36. The molecule has 1 aromatic carbocycles. The third-order valence-corrected chi connectivity index (χ3v) is 3.94. The van der Waals surface area contributed by atoms with Crippen LogP contribution >= 0.6 is 0 Å². The van der Waals surface area contributed by atoms with E-state index in [1.807, 2.05) is 18.2 Å². The minimum absolute atomic E-state index is 0.786. The summed E-state index contributed by atoms with van der Waals surface area (Å²) in [6, 6.07) is 5.99. The molecular weight excluding hydrogens is 239 g/mol. The van der Waals surface area contributed by atoms with Crippen molar-refractivity contribution in [2.75, 3.05) is 32.7 Å². The fourth-order valence-electron chi connectivity index (χ4n) is 2.52. The van der Waals surface area contributed by atoms with Crippen LogP contribution in [-0.4, -0.2) is 37.6 Å². The molecule has 1 aromatic rings. The molecular formula is C16H25FN2. The molecule has 1 aliphatic rings. The van der Waals surface area contributed by atoms with Gasteiger partial charge in [-0.05, 0) is 43.9 Å². The molecule has 2 nitrogen and oxygen atoms in total. The SMILES string of the molecule is Cc1ccc(C(C)(C)F)cc1CCN1CCNCC1. The number of benzene rings is 1. The molecule has 3 heteroatoms. The first-order chi connectivity index (χ1) is 8.97. The van der Waals surface area contributed by atoms with Gasteiger partial charge in [-0.1, -0.05) is 18.2 Å². The normalized spacial score (nSPS) is 17.7. The molecule has 0 amide bonds. The monoisotopic (exact) mass is 264 g/mol. The highest BCUT2D eigenvalue weighted by molar-refractivity contribution is 5.34. The molecule has 0 radical (unpaired) electrons. The Morgan fingerprint density at radius 2 is 1.95 bits per heavy atom. The first-order valence-corrected chi connectivity index (χ1v) is 7.19. The fraction of sp³-hybridized carbons (Fsp3) is 0.625. The molecule has 0 aromatic heterocycles. The second-order valence-corrected chi connectivity index (χ2v) is 5.96. The Bertz CT molecular complexity index is 417. The first kappa shape index (κ1) is 14.5. The van der Waals surface area contributed by atoms with E-state index in [0.717, 1.165) is 44.7 Å². The van der Waals surface area contributed by atoms with Crippen LogP contribution in [0.4, 0.5) is 4.39 Å². The van der Waals surface area contributed by atoms with Gasteiger partial charge in [-0.25, -0.2) is 4.39 Å². The van der Waals surface area contributed by atoms with E-state index < -0.39 is 5.67 Å². The van der Waals surface area contributed by atoms with Crippen LogP contribution in [0.3, 0.4) is 0 Å². The zero-order chi connectivity index (χ0) is 13.9. The maximum atomic E-state index is 14.0. The minimum Gasteiger partial charge on any atom is -0.314 e. The first-order valence-electron chi connectivity index (χ1n) is 7.19. The summed E-state index contributed by atoms with van der Waals surface area (Å²) >= 11 is 0. The molecule has 106 valence electrons. The summed E-state index contributed by atoms with van der Waals surface area (Å²) in [5.74, 6) is 0. The Morgan fingerprint density at radius 1 is 1.26 bits per heavy atom. The van der Waals surface area contributed by atoms with E-state index in [1.54, 1.807) is 13.8 Å².